The van der Waals surface area contributed by atoms with Gasteiger partial charge in [0.05, 0.1) is 6.26 Å². The van der Waals surface area contributed by atoms with Gasteiger partial charge in [-0.05, 0) is 55.5 Å². The zero-order chi connectivity index (χ0) is 17.8. The minimum Gasteiger partial charge on any atom is -0.467 e. The van der Waals surface area contributed by atoms with Gasteiger partial charge in [0.15, 0.2) is 5.76 Å². The second-order valence-electron chi connectivity index (χ2n) is 5.81. The van der Waals surface area contributed by atoms with Crippen LogP contribution in [0.15, 0.2) is 63.6 Å². The van der Waals surface area contributed by atoms with Crippen molar-refractivity contribution in [1.29, 1.82) is 0 Å². The number of nitrogens with one attached hydrogen (secondary N) is 1. The molecule has 0 aliphatic heterocycles. The minimum absolute atomic E-state index is 0.152. The molecule has 2 aromatic heterocycles. The van der Waals surface area contributed by atoms with Gasteiger partial charge in [-0.15, -0.1) is 0 Å². The zero-order valence-electron chi connectivity index (χ0n) is 13.6. The van der Waals surface area contributed by atoms with Crippen LogP contribution in [0.2, 0.25) is 0 Å². The highest BCUT2D eigenvalue weighted by molar-refractivity contribution is 5.92. The third-order valence-corrected chi connectivity index (χ3v) is 3.78. The molecule has 0 spiro atoms. The number of hydrogen-bond acceptors (Lipinski definition) is 4. The first kappa shape index (κ1) is 17.0. The maximum Gasteiger partial charge on any atom is 0.287 e. The first-order valence-corrected chi connectivity index (χ1v) is 7.91. The van der Waals surface area contributed by atoms with Crippen LogP contribution >= 0.6 is 0 Å². The highest BCUT2D eigenvalue weighted by Gasteiger charge is 2.19. The average molecular weight is 343 g/mol. The van der Waals surface area contributed by atoms with Crippen molar-refractivity contribution >= 4 is 5.91 Å². The Morgan fingerprint density at radius 2 is 1.96 bits per heavy atom. The van der Waals surface area contributed by atoms with Crippen molar-refractivity contribution in [1.82, 2.24) is 5.32 Å². The average Bonchev–Trinajstić information content (AvgIpc) is 3.27. The number of carbonyl (C=O) groups excluding carboxylic acids is 1. The molecule has 0 aliphatic rings. The lowest BCUT2D eigenvalue weighted by atomic mass is 10.1. The van der Waals surface area contributed by atoms with E-state index in [-0.39, 0.29) is 23.5 Å². The van der Waals surface area contributed by atoms with Crippen LogP contribution in [0.1, 0.15) is 35.8 Å². The Balaban J connectivity index is 1.60. The summed E-state index contributed by atoms with van der Waals surface area (Å²) in [7, 11) is 0. The predicted octanol–water partition coefficient (Wildman–Crippen LogP) is 3.92. The van der Waals surface area contributed by atoms with E-state index in [1.54, 1.807) is 43.3 Å². The third kappa shape index (κ3) is 4.16. The van der Waals surface area contributed by atoms with Gasteiger partial charge in [-0.25, -0.2) is 4.39 Å². The van der Waals surface area contributed by atoms with Crippen molar-refractivity contribution in [2.75, 3.05) is 0 Å². The number of halogens is 1. The summed E-state index contributed by atoms with van der Waals surface area (Å²) in [5, 5.41) is 12.8. The van der Waals surface area contributed by atoms with E-state index in [0.717, 1.165) is 0 Å². The number of benzene rings is 1. The summed E-state index contributed by atoms with van der Waals surface area (Å²) in [6.45, 7) is 1.79. The second-order valence-corrected chi connectivity index (χ2v) is 5.81. The molecule has 0 saturated carbocycles. The number of hydrogen-bond donors (Lipinski definition) is 2. The maximum absolute atomic E-state index is 13.0. The number of carbonyl (C=O) groups is 1. The van der Waals surface area contributed by atoms with Gasteiger partial charge in [-0.2, -0.15) is 0 Å². The van der Waals surface area contributed by atoms with E-state index in [1.807, 2.05) is 0 Å². The smallest absolute Gasteiger partial charge is 0.287 e. The largest absolute Gasteiger partial charge is 0.467 e. The highest BCUT2D eigenvalue weighted by atomic mass is 19.1. The van der Waals surface area contributed by atoms with Crippen LogP contribution in [-0.4, -0.2) is 17.1 Å². The summed E-state index contributed by atoms with van der Waals surface area (Å²) in [6.07, 6.45) is 1.00. The molecule has 0 bridgehead atoms. The SMILES string of the molecule is CC(CC(O)c1ccco1)NC(=O)c1ccc(-c2ccc(F)cc2)o1. The number of rotatable bonds is 6. The van der Waals surface area contributed by atoms with Crippen LogP contribution in [-0.2, 0) is 0 Å². The van der Waals surface area contributed by atoms with Crippen molar-refractivity contribution in [2.45, 2.75) is 25.5 Å². The third-order valence-electron chi connectivity index (χ3n) is 3.78. The van der Waals surface area contributed by atoms with Crippen LogP contribution < -0.4 is 5.32 Å². The number of aliphatic hydroxyl groups excluding tert-OH is 1. The van der Waals surface area contributed by atoms with Crippen molar-refractivity contribution < 1.29 is 23.1 Å². The Morgan fingerprint density at radius 1 is 1.20 bits per heavy atom. The summed E-state index contributed by atoms with van der Waals surface area (Å²) < 4.78 is 23.6. The van der Waals surface area contributed by atoms with Crippen molar-refractivity contribution in [3.63, 3.8) is 0 Å². The van der Waals surface area contributed by atoms with E-state index in [4.69, 9.17) is 8.83 Å². The molecule has 3 aromatic rings. The lowest BCUT2D eigenvalue weighted by Crippen LogP contribution is -2.33. The topological polar surface area (TPSA) is 75.6 Å². The number of amides is 1. The lowest BCUT2D eigenvalue weighted by Gasteiger charge is -2.15. The maximum atomic E-state index is 13.0. The molecule has 6 heteroatoms. The predicted molar refractivity (Wildman–Crippen MR) is 89.3 cm³/mol. The molecule has 0 aliphatic carbocycles. The molecule has 1 amide bonds. The molecule has 2 atom stereocenters. The summed E-state index contributed by atoms with van der Waals surface area (Å²) in [5.74, 6) is 0.370. The fourth-order valence-corrected chi connectivity index (χ4v) is 2.51. The van der Waals surface area contributed by atoms with Crippen LogP contribution in [0.25, 0.3) is 11.3 Å². The normalized spacial score (nSPS) is 13.4. The van der Waals surface area contributed by atoms with Crippen molar-refractivity contribution in [3.05, 3.63) is 72.1 Å². The highest BCUT2D eigenvalue weighted by Crippen LogP contribution is 2.23. The molecule has 0 radical (unpaired) electrons. The molecule has 3 rings (SSSR count). The van der Waals surface area contributed by atoms with Gasteiger partial charge >= 0.3 is 0 Å². The van der Waals surface area contributed by atoms with Gasteiger partial charge in [-0.3, -0.25) is 4.79 Å². The molecule has 1 aromatic carbocycles. The molecular formula is C19H18FNO4. The lowest BCUT2D eigenvalue weighted by molar-refractivity contribution is 0.0877. The molecule has 2 unspecified atom stereocenters. The monoisotopic (exact) mass is 343 g/mol. The first-order valence-electron chi connectivity index (χ1n) is 7.91. The van der Waals surface area contributed by atoms with E-state index in [2.05, 4.69) is 5.32 Å². The van der Waals surface area contributed by atoms with Crippen LogP contribution in [0, 0.1) is 5.82 Å². The van der Waals surface area contributed by atoms with Crippen molar-refractivity contribution in [3.8, 4) is 11.3 Å². The van der Waals surface area contributed by atoms with Gasteiger partial charge in [0, 0.05) is 18.0 Å². The Kier molecular flexibility index (Phi) is 5.00. The summed E-state index contributed by atoms with van der Waals surface area (Å²) in [4.78, 5) is 12.3. The Bertz CT molecular complexity index is 823. The van der Waals surface area contributed by atoms with Gasteiger partial charge < -0.3 is 19.3 Å². The molecule has 2 N–H and O–H groups in total. The molecule has 2 heterocycles. The van der Waals surface area contributed by atoms with Gasteiger partial charge in [0.2, 0.25) is 0 Å². The minimum atomic E-state index is -0.795. The Morgan fingerprint density at radius 3 is 2.64 bits per heavy atom. The fraction of sp³-hybridized carbons (Fsp3) is 0.211. The molecule has 5 nitrogen and oxygen atoms in total. The molecule has 0 saturated heterocycles. The van der Waals surface area contributed by atoms with E-state index in [0.29, 0.717) is 23.5 Å². The van der Waals surface area contributed by atoms with Gasteiger partial charge in [0.1, 0.15) is 23.4 Å². The Hall–Kier alpha value is -2.86. The van der Waals surface area contributed by atoms with E-state index < -0.39 is 6.10 Å². The van der Waals surface area contributed by atoms with Crippen LogP contribution in [0.5, 0.6) is 0 Å². The van der Waals surface area contributed by atoms with Gasteiger partial charge in [0.25, 0.3) is 5.91 Å². The zero-order valence-corrected chi connectivity index (χ0v) is 13.6. The second kappa shape index (κ2) is 7.36. The van der Waals surface area contributed by atoms with Crippen LogP contribution in [0.4, 0.5) is 4.39 Å². The summed E-state index contributed by atoms with van der Waals surface area (Å²) >= 11 is 0. The van der Waals surface area contributed by atoms with E-state index >= 15 is 0 Å². The molecule has 0 fully saturated rings. The first-order chi connectivity index (χ1) is 12.0. The number of aliphatic hydroxyl groups is 1. The van der Waals surface area contributed by atoms with E-state index in [9.17, 15) is 14.3 Å². The standard InChI is InChI=1S/C19H18FNO4/c1-12(11-15(22)17-3-2-10-24-17)21-19(23)18-9-8-16(25-18)13-4-6-14(20)7-5-13/h2-10,12,15,22H,11H2,1H3,(H,21,23). The van der Waals surface area contributed by atoms with Crippen LogP contribution in [0.3, 0.4) is 0 Å². The van der Waals surface area contributed by atoms with Crippen molar-refractivity contribution in [2.24, 2.45) is 0 Å². The summed E-state index contributed by atoms with van der Waals surface area (Å²) in [6, 6.07) is 12.1. The van der Waals surface area contributed by atoms with E-state index in [1.165, 1.54) is 18.4 Å². The Labute approximate surface area is 144 Å². The number of furan rings is 2. The molecule has 130 valence electrons. The summed E-state index contributed by atoms with van der Waals surface area (Å²) in [5.41, 5.74) is 0.682. The van der Waals surface area contributed by atoms with Gasteiger partial charge in [-0.1, -0.05) is 0 Å². The molecule has 25 heavy (non-hydrogen) atoms. The quantitative estimate of drug-likeness (QED) is 0.711. The fourth-order valence-electron chi connectivity index (χ4n) is 2.51. The molecular weight excluding hydrogens is 325 g/mol.